The first-order valence-electron chi connectivity index (χ1n) is 6.81. The van der Waals surface area contributed by atoms with Gasteiger partial charge in [0.1, 0.15) is 11.8 Å². The molecular weight excluding hydrogens is 274 g/mol. The lowest BCUT2D eigenvalue weighted by Crippen LogP contribution is -2.22. The first kappa shape index (κ1) is 17.3. The number of aliphatic hydroxyl groups is 1. The average Bonchev–Trinajstić information content (AvgIpc) is 2.75. The van der Waals surface area contributed by atoms with Crippen LogP contribution in [-0.2, 0) is 6.54 Å². The molecule has 6 heteroatoms. The molecule has 0 radical (unpaired) electrons. The fraction of sp³-hybridized carbons (Fsp3) is 0.786. The Hall–Kier alpha value is -0.720. The third kappa shape index (κ3) is 5.34. The van der Waals surface area contributed by atoms with Crippen molar-refractivity contribution in [3.63, 3.8) is 0 Å². The fourth-order valence-electron chi connectivity index (χ4n) is 1.75. The topological polar surface area (TPSA) is 50.5 Å². The highest BCUT2D eigenvalue weighted by Crippen LogP contribution is 2.32. The van der Waals surface area contributed by atoms with Gasteiger partial charge in [0.25, 0.3) is 0 Å². The highest BCUT2D eigenvalue weighted by Gasteiger charge is 2.22. The van der Waals surface area contributed by atoms with Gasteiger partial charge in [-0.15, -0.1) is 0 Å². The van der Waals surface area contributed by atoms with Crippen LogP contribution in [0.5, 0.6) is 5.75 Å². The lowest BCUT2D eigenvalue weighted by Gasteiger charge is -2.21. The maximum absolute atomic E-state index is 10.5. The highest BCUT2D eigenvalue weighted by molar-refractivity contribution is 8.00. The maximum atomic E-state index is 10.5. The van der Waals surface area contributed by atoms with Crippen molar-refractivity contribution in [3.8, 4) is 5.75 Å². The SMILES string of the molecule is COc1cnn(CCN(C)C)c1C(O)CSC(C)(C)C. The molecule has 0 saturated heterocycles. The van der Waals surface area contributed by atoms with Crippen LogP contribution < -0.4 is 4.74 Å². The molecule has 1 N–H and O–H groups in total. The van der Waals surface area contributed by atoms with E-state index in [1.54, 1.807) is 25.1 Å². The Morgan fingerprint density at radius 3 is 2.60 bits per heavy atom. The van der Waals surface area contributed by atoms with Crippen molar-refractivity contribution in [2.45, 2.75) is 38.2 Å². The third-order valence-corrected chi connectivity index (χ3v) is 4.16. The fourth-order valence-corrected chi connectivity index (χ4v) is 2.57. The smallest absolute Gasteiger partial charge is 0.162 e. The van der Waals surface area contributed by atoms with Crippen LogP contribution in [0.3, 0.4) is 0 Å². The van der Waals surface area contributed by atoms with E-state index in [0.717, 1.165) is 18.8 Å². The van der Waals surface area contributed by atoms with Crippen molar-refractivity contribution in [2.75, 3.05) is 33.5 Å². The summed E-state index contributed by atoms with van der Waals surface area (Å²) in [7, 11) is 5.65. The lowest BCUT2D eigenvalue weighted by atomic mass is 10.2. The molecule has 0 saturated carbocycles. The van der Waals surface area contributed by atoms with Gasteiger partial charge in [0, 0.05) is 17.0 Å². The standard InChI is InChI=1S/C14H27N3O2S/c1-14(2,3)20-10-11(18)13-12(19-6)9-15-17(13)8-7-16(4)5/h9,11,18H,7-8,10H2,1-6H3. The van der Waals surface area contributed by atoms with Gasteiger partial charge in [0.05, 0.1) is 19.9 Å². The van der Waals surface area contributed by atoms with Gasteiger partial charge in [-0.05, 0) is 14.1 Å². The van der Waals surface area contributed by atoms with Crippen molar-refractivity contribution < 1.29 is 9.84 Å². The van der Waals surface area contributed by atoms with Crippen molar-refractivity contribution in [2.24, 2.45) is 0 Å². The normalized spacial score (nSPS) is 13.8. The van der Waals surface area contributed by atoms with Crippen LogP contribution in [0.15, 0.2) is 6.20 Å². The minimum Gasteiger partial charge on any atom is -0.493 e. The Bertz CT molecular complexity index is 413. The molecule has 1 aromatic rings. The minimum atomic E-state index is -0.571. The second kappa shape index (κ2) is 7.33. The summed E-state index contributed by atoms with van der Waals surface area (Å²) in [5.74, 6) is 1.29. The van der Waals surface area contributed by atoms with Crippen LogP contribution >= 0.6 is 11.8 Å². The van der Waals surface area contributed by atoms with E-state index in [1.165, 1.54) is 0 Å². The van der Waals surface area contributed by atoms with Gasteiger partial charge in [0.15, 0.2) is 5.75 Å². The number of aromatic nitrogens is 2. The number of hydrogen-bond acceptors (Lipinski definition) is 5. The van der Waals surface area contributed by atoms with Crippen LogP contribution in [0.2, 0.25) is 0 Å². The van der Waals surface area contributed by atoms with E-state index in [-0.39, 0.29) is 4.75 Å². The van der Waals surface area contributed by atoms with Crippen LogP contribution in [-0.4, -0.2) is 58.0 Å². The number of ether oxygens (including phenoxy) is 1. The van der Waals surface area contributed by atoms with Crippen LogP contribution in [0.4, 0.5) is 0 Å². The summed E-state index contributed by atoms with van der Waals surface area (Å²) in [6, 6.07) is 0. The average molecular weight is 301 g/mol. The van der Waals surface area contributed by atoms with Gasteiger partial charge in [-0.25, -0.2) is 0 Å². The Morgan fingerprint density at radius 1 is 1.45 bits per heavy atom. The molecule has 1 unspecified atom stereocenters. The Labute approximate surface area is 126 Å². The minimum absolute atomic E-state index is 0.128. The van der Waals surface area contributed by atoms with Crippen LogP contribution in [0.25, 0.3) is 0 Å². The molecule has 1 atom stereocenters. The third-order valence-electron chi connectivity index (χ3n) is 2.81. The predicted molar refractivity (Wildman–Crippen MR) is 84.5 cm³/mol. The highest BCUT2D eigenvalue weighted by atomic mass is 32.2. The molecule has 0 aliphatic heterocycles. The zero-order chi connectivity index (χ0) is 15.3. The quantitative estimate of drug-likeness (QED) is 0.835. The molecule has 5 nitrogen and oxygen atoms in total. The van der Waals surface area contributed by atoms with Crippen molar-refractivity contribution >= 4 is 11.8 Å². The lowest BCUT2D eigenvalue weighted by molar-refractivity contribution is 0.185. The number of methoxy groups -OCH3 is 1. The summed E-state index contributed by atoms with van der Waals surface area (Å²) >= 11 is 1.74. The zero-order valence-electron chi connectivity index (χ0n) is 13.4. The monoisotopic (exact) mass is 301 g/mol. The largest absolute Gasteiger partial charge is 0.493 e. The molecule has 1 rings (SSSR count). The molecule has 0 spiro atoms. The first-order valence-corrected chi connectivity index (χ1v) is 7.79. The van der Waals surface area contributed by atoms with E-state index < -0.39 is 6.10 Å². The molecule has 1 heterocycles. The summed E-state index contributed by atoms with van der Waals surface area (Å²) in [5, 5.41) is 14.8. The molecule has 116 valence electrons. The van der Waals surface area contributed by atoms with Gasteiger partial charge in [0.2, 0.25) is 0 Å². The van der Waals surface area contributed by atoms with Crippen molar-refractivity contribution in [3.05, 3.63) is 11.9 Å². The molecule has 0 aliphatic rings. The van der Waals surface area contributed by atoms with E-state index in [0.29, 0.717) is 11.5 Å². The van der Waals surface area contributed by atoms with Crippen molar-refractivity contribution in [1.82, 2.24) is 14.7 Å². The van der Waals surface area contributed by atoms with E-state index >= 15 is 0 Å². The van der Waals surface area contributed by atoms with Gasteiger partial charge in [-0.1, -0.05) is 20.8 Å². The number of likely N-dealkylation sites (N-methyl/N-ethyl adjacent to an activating group) is 1. The van der Waals surface area contributed by atoms with E-state index in [9.17, 15) is 5.11 Å². The summed E-state index contributed by atoms with van der Waals surface area (Å²) in [6.45, 7) is 8.04. The van der Waals surface area contributed by atoms with Gasteiger partial charge >= 0.3 is 0 Å². The molecule has 0 aliphatic carbocycles. The molecule has 0 aromatic carbocycles. The maximum Gasteiger partial charge on any atom is 0.162 e. The Balaban J connectivity index is 2.81. The van der Waals surface area contributed by atoms with Gasteiger partial charge in [-0.2, -0.15) is 16.9 Å². The van der Waals surface area contributed by atoms with Crippen molar-refractivity contribution in [1.29, 1.82) is 0 Å². The van der Waals surface area contributed by atoms with Gasteiger partial charge in [-0.3, -0.25) is 4.68 Å². The van der Waals surface area contributed by atoms with E-state index in [4.69, 9.17) is 4.74 Å². The summed E-state index contributed by atoms with van der Waals surface area (Å²) in [5.41, 5.74) is 0.770. The number of rotatable bonds is 7. The molecule has 0 amide bonds. The Morgan fingerprint density at radius 2 is 2.10 bits per heavy atom. The molecular formula is C14H27N3O2S. The van der Waals surface area contributed by atoms with Crippen LogP contribution in [0.1, 0.15) is 32.6 Å². The number of aliphatic hydroxyl groups excluding tert-OH is 1. The number of thioether (sulfide) groups is 1. The van der Waals surface area contributed by atoms with Gasteiger partial charge < -0.3 is 14.7 Å². The first-order chi connectivity index (χ1) is 9.24. The summed E-state index contributed by atoms with van der Waals surface area (Å²) in [6.07, 6.45) is 1.11. The Kier molecular flexibility index (Phi) is 6.36. The number of hydrogen-bond donors (Lipinski definition) is 1. The molecule has 0 bridgehead atoms. The summed E-state index contributed by atoms with van der Waals surface area (Å²) in [4.78, 5) is 2.09. The molecule has 20 heavy (non-hydrogen) atoms. The van der Waals surface area contributed by atoms with E-state index in [2.05, 4.69) is 30.8 Å². The second-order valence-corrected chi connectivity index (χ2v) is 7.91. The second-order valence-electron chi connectivity index (χ2n) is 6.06. The summed E-state index contributed by atoms with van der Waals surface area (Å²) < 4.78 is 7.29. The predicted octanol–water partition coefficient (Wildman–Crippen LogP) is 2.02. The molecule has 0 fully saturated rings. The van der Waals surface area contributed by atoms with Crippen LogP contribution in [0, 0.1) is 0 Å². The van der Waals surface area contributed by atoms with E-state index in [1.807, 2.05) is 18.8 Å². The number of nitrogens with zero attached hydrogens (tertiary/aromatic N) is 3. The molecule has 1 aromatic heterocycles. The zero-order valence-corrected chi connectivity index (χ0v) is 14.2.